The molecule has 0 atom stereocenters. The van der Waals surface area contributed by atoms with Gasteiger partial charge in [0, 0.05) is 6.20 Å². The van der Waals surface area contributed by atoms with E-state index in [-0.39, 0.29) is 18.4 Å². The molecule has 6 heteroatoms. The smallest absolute Gasteiger partial charge is 0.262 e. The van der Waals surface area contributed by atoms with Crippen LogP contribution in [0.3, 0.4) is 0 Å². The number of aryl methyl sites for hydroxylation is 1. The highest BCUT2D eigenvalue weighted by atomic mass is 16.5. The van der Waals surface area contributed by atoms with Crippen LogP contribution in [0, 0.1) is 6.92 Å². The Labute approximate surface area is 157 Å². The Kier molecular flexibility index (Phi) is 5.79. The molecule has 2 amide bonds. The highest BCUT2D eigenvalue weighted by Gasteiger charge is 2.13. The average molecular weight is 361 g/mol. The third kappa shape index (κ3) is 5.15. The third-order valence-electron chi connectivity index (χ3n) is 3.76. The summed E-state index contributed by atoms with van der Waals surface area (Å²) in [6, 6.07) is 17.7. The number of hydrogen-bond donors (Lipinski definition) is 2. The number of pyridine rings is 1. The summed E-state index contributed by atoms with van der Waals surface area (Å²) >= 11 is 0. The van der Waals surface area contributed by atoms with Crippen LogP contribution >= 0.6 is 0 Å². The van der Waals surface area contributed by atoms with E-state index in [9.17, 15) is 9.59 Å². The molecule has 0 spiro atoms. The summed E-state index contributed by atoms with van der Waals surface area (Å²) in [5.41, 5.74) is 2.45. The van der Waals surface area contributed by atoms with Gasteiger partial charge in [-0.1, -0.05) is 29.8 Å². The maximum atomic E-state index is 12.5. The number of nitrogens with one attached hydrogen (secondary N) is 2. The molecule has 6 nitrogen and oxygen atoms in total. The summed E-state index contributed by atoms with van der Waals surface area (Å²) in [6.45, 7) is 1.82. The molecule has 0 bridgehead atoms. The van der Waals surface area contributed by atoms with E-state index in [1.165, 1.54) is 0 Å². The van der Waals surface area contributed by atoms with Crippen molar-refractivity contribution in [3.05, 3.63) is 84.2 Å². The first-order valence-corrected chi connectivity index (χ1v) is 8.41. The summed E-state index contributed by atoms with van der Waals surface area (Å²) in [5, 5.41) is 5.47. The van der Waals surface area contributed by atoms with Gasteiger partial charge in [0.25, 0.3) is 11.8 Å². The molecule has 2 N–H and O–H groups in total. The van der Waals surface area contributed by atoms with Crippen LogP contribution in [0.5, 0.6) is 5.75 Å². The number of amides is 2. The number of hydrogen-bond acceptors (Lipinski definition) is 4. The Balaban J connectivity index is 1.63. The monoisotopic (exact) mass is 361 g/mol. The standard InChI is InChI=1S/C21H19N3O3/c1-15-8-10-17(11-9-15)27-14-20(25)24-19-7-3-2-6-18(19)21(26)23-16-5-4-12-22-13-16/h2-13H,14H2,1H3,(H,23,26)(H,24,25). The molecule has 0 saturated heterocycles. The maximum Gasteiger partial charge on any atom is 0.262 e. The molecule has 2 aromatic carbocycles. The van der Waals surface area contributed by atoms with Crippen molar-refractivity contribution in [2.45, 2.75) is 6.92 Å². The number of anilines is 2. The van der Waals surface area contributed by atoms with Crippen LogP contribution in [-0.4, -0.2) is 23.4 Å². The normalized spacial score (nSPS) is 10.1. The van der Waals surface area contributed by atoms with E-state index < -0.39 is 0 Å². The second kappa shape index (κ2) is 8.62. The van der Waals surface area contributed by atoms with E-state index in [1.54, 1.807) is 60.9 Å². The number of nitrogens with zero attached hydrogens (tertiary/aromatic N) is 1. The lowest BCUT2D eigenvalue weighted by molar-refractivity contribution is -0.118. The van der Waals surface area contributed by atoms with Gasteiger partial charge in [-0.2, -0.15) is 0 Å². The molecule has 27 heavy (non-hydrogen) atoms. The molecule has 0 fully saturated rings. The summed E-state index contributed by atoms with van der Waals surface area (Å²) < 4.78 is 5.47. The number of benzene rings is 2. The molecule has 3 aromatic rings. The number of ether oxygens (including phenoxy) is 1. The number of rotatable bonds is 6. The van der Waals surface area contributed by atoms with Crippen molar-refractivity contribution in [3.63, 3.8) is 0 Å². The van der Waals surface area contributed by atoms with Gasteiger partial charge in [0.1, 0.15) is 5.75 Å². The van der Waals surface area contributed by atoms with E-state index in [1.807, 2.05) is 19.1 Å². The van der Waals surface area contributed by atoms with Crippen LogP contribution in [0.2, 0.25) is 0 Å². The van der Waals surface area contributed by atoms with E-state index in [0.717, 1.165) is 5.56 Å². The zero-order chi connectivity index (χ0) is 19.1. The van der Waals surface area contributed by atoms with Gasteiger partial charge in [-0.15, -0.1) is 0 Å². The molecule has 0 aliphatic rings. The first-order chi connectivity index (χ1) is 13.1. The van der Waals surface area contributed by atoms with Gasteiger partial charge in [0.05, 0.1) is 23.1 Å². The lowest BCUT2D eigenvalue weighted by atomic mass is 10.1. The average Bonchev–Trinajstić information content (AvgIpc) is 2.69. The molecular weight excluding hydrogens is 342 g/mol. The van der Waals surface area contributed by atoms with E-state index in [2.05, 4.69) is 15.6 Å². The lowest BCUT2D eigenvalue weighted by Gasteiger charge is -2.12. The zero-order valence-electron chi connectivity index (χ0n) is 14.8. The van der Waals surface area contributed by atoms with Crippen molar-refractivity contribution in [1.29, 1.82) is 0 Å². The van der Waals surface area contributed by atoms with Crippen LogP contribution in [-0.2, 0) is 4.79 Å². The molecule has 0 saturated carbocycles. The van der Waals surface area contributed by atoms with Crippen molar-refractivity contribution in [2.75, 3.05) is 17.2 Å². The molecule has 1 heterocycles. The van der Waals surface area contributed by atoms with E-state index in [0.29, 0.717) is 22.7 Å². The lowest BCUT2D eigenvalue weighted by Crippen LogP contribution is -2.22. The van der Waals surface area contributed by atoms with Crippen molar-refractivity contribution in [1.82, 2.24) is 4.98 Å². The molecule has 136 valence electrons. The number of carbonyl (C=O) groups is 2. The SMILES string of the molecule is Cc1ccc(OCC(=O)Nc2ccccc2C(=O)Nc2cccnc2)cc1. The quantitative estimate of drug-likeness (QED) is 0.702. The first kappa shape index (κ1) is 18.1. The van der Waals surface area contributed by atoms with Gasteiger partial charge in [-0.3, -0.25) is 14.6 Å². The van der Waals surface area contributed by atoms with Crippen LogP contribution in [0.25, 0.3) is 0 Å². The summed E-state index contributed by atoms with van der Waals surface area (Å²) in [6.07, 6.45) is 3.17. The van der Waals surface area contributed by atoms with Gasteiger partial charge in [-0.05, 0) is 43.3 Å². The minimum absolute atomic E-state index is 0.151. The van der Waals surface area contributed by atoms with Crippen LogP contribution < -0.4 is 15.4 Å². The Hall–Kier alpha value is -3.67. The molecule has 1 aromatic heterocycles. The van der Waals surface area contributed by atoms with Gasteiger partial charge < -0.3 is 15.4 Å². The predicted molar refractivity (Wildman–Crippen MR) is 104 cm³/mol. The van der Waals surface area contributed by atoms with Crippen LogP contribution in [0.15, 0.2) is 73.1 Å². The minimum atomic E-state index is -0.350. The van der Waals surface area contributed by atoms with Gasteiger partial charge >= 0.3 is 0 Å². The second-order valence-electron chi connectivity index (χ2n) is 5.89. The number of para-hydroxylation sites is 1. The fourth-order valence-electron chi connectivity index (χ4n) is 2.39. The van der Waals surface area contributed by atoms with Gasteiger partial charge in [0.2, 0.25) is 0 Å². The zero-order valence-corrected chi connectivity index (χ0v) is 14.8. The van der Waals surface area contributed by atoms with Crippen molar-refractivity contribution in [2.24, 2.45) is 0 Å². The predicted octanol–water partition coefficient (Wildman–Crippen LogP) is 3.66. The van der Waals surface area contributed by atoms with Crippen molar-refractivity contribution >= 4 is 23.2 Å². The van der Waals surface area contributed by atoms with Gasteiger partial charge in [0.15, 0.2) is 6.61 Å². The van der Waals surface area contributed by atoms with Crippen LogP contribution in [0.1, 0.15) is 15.9 Å². The van der Waals surface area contributed by atoms with Crippen LogP contribution in [0.4, 0.5) is 11.4 Å². The number of aromatic nitrogens is 1. The highest BCUT2D eigenvalue weighted by Crippen LogP contribution is 2.17. The molecule has 0 aliphatic carbocycles. The molecule has 3 rings (SSSR count). The fourth-order valence-corrected chi connectivity index (χ4v) is 2.39. The Morgan fingerprint density at radius 2 is 1.74 bits per heavy atom. The highest BCUT2D eigenvalue weighted by molar-refractivity contribution is 6.10. The third-order valence-corrected chi connectivity index (χ3v) is 3.76. The molecule has 0 unspecified atom stereocenters. The Bertz CT molecular complexity index is 925. The topological polar surface area (TPSA) is 80.3 Å². The summed E-state index contributed by atoms with van der Waals surface area (Å²) in [4.78, 5) is 28.7. The fraction of sp³-hybridized carbons (Fsp3) is 0.0952. The number of carbonyl (C=O) groups excluding carboxylic acids is 2. The largest absolute Gasteiger partial charge is 0.484 e. The van der Waals surface area contributed by atoms with Gasteiger partial charge in [-0.25, -0.2) is 0 Å². The summed E-state index contributed by atoms with van der Waals surface area (Å²) in [5.74, 6) is -0.0751. The molecule has 0 aliphatic heterocycles. The molecule has 0 radical (unpaired) electrons. The van der Waals surface area contributed by atoms with Crippen molar-refractivity contribution < 1.29 is 14.3 Å². The van der Waals surface area contributed by atoms with E-state index >= 15 is 0 Å². The maximum absolute atomic E-state index is 12.5. The minimum Gasteiger partial charge on any atom is -0.484 e. The second-order valence-corrected chi connectivity index (χ2v) is 5.89. The Morgan fingerprint density at radius 3 is 2.48 bits per heavy atom. The first-order valence-electron chi connectivity index (χ1n) is 8.41. The van der Waals surface area contributed by atoms with Crippen molar-refractivity contribution in [3.8, 4) is 5.75 Å². The van der Waals surface area contributed by atoms with E-state index in [4.69, 9.17) is 4.74 Å². The molecular formula is C21H19N3O3. The Morgan fingerprint density at radius 1 is 0.963 bits per heavy atom. The summed E-state index contributed by atoms with van der Waals surface area (Å²) in [7, 11) is 0.